The molecule has 5 heteroatoms. The van der Waals surface area contributed by atoms with Crippen molar-refractivity contribution in [2.24, 2.45) is 0 Å². The molecule has 2 amide bonds. The average Bonchev–Trinajstić information content (AvgIpc) is 2.44. The summed E-state index contributed by atoms with van der Waals surface area (Å²) in [5.74, 6) is -0.976. The summed E-state index contributed by atoms with van der Waals surface area (Å²) in [4.78, 5) is 24.3. The van der Waals surface area contributed by atoms with Crippen LogP contribution in [0, 0.1) is 0 Å². The molecule has 1 unspecified atom stereocenters. The lowest BCUT2D eigenvalue weighted by Crippen LogP contribution is -2.47. The molecule has 0 saturated heterocycles. The molecule has 1 aliphatic carbocycles. The highest BCUT2D eigenvalue weighted by Crippen LogP contribution is 2.19. The number of nitrogens with zero attached hydrogens (tertiary/aromatic N) is 1. The predicted octanol–water partition coefficient (Wildman–Crippen LogP) is 2.77. The number of hydrogen-bond donors (Lipinski definition) is 2. The zero-order valence-electron chi connectivity index (χ0n) is 12.5. The second-order valence-electron chi connectivity index (χ2n) is 5.37. The normalized spacial score (nSPS) is 16.2. The quantitative estimate of drug-likeness (QED) is 0.705. The van der Waals surface area contributed by atoms with Gasteiger partial charge in [0, 0.05) is 12.6 Å². The Hall–Kier alpha value is -1.52. The maximum Gasteiger partial charge on any atom is 0.323 e. The van der Waals surface area contributed by atoms with E-state index in [9.17, 15) is 9.59 Å². The lowest BCUT2D eigenvalue weighted by atomic mass is 9.97. The summed E-state index contributed by atoms with van der Waals surface area (Å²) < 4.78 is 0. The molecular weight excluding hydrogens is 256 g/mol. The van der Waals surface area contributed by atoms with Gasteiger partial charge in [-0.25, -0.2) is 4.79 Å². The summed E-state index contributed by atoms with van der Waals surface area (Å²) in [5, 5.41) is 11.7. The van der Waals surface area contributed by atoms with Crippen molar-refractivity contribution >= 4 is 12.0 Å². The summed E-state index contributed by atoms with van der Waals surface area (Å²) in [6, 6.07) is -0.349. The number of carboxylic acids is 1. The summed E-state index contributed by atoms with van der Waals surface area (Å²) >= 11 is 0. The number of nitrogens with one attached hydrogen (secondary N) is 1. The molecule has 0 spiro atoms. The Morgan fingerprint density at radius 2 is 2.20 bits per heavy atom. The van der Waals surface area contributed by atoms with Crippen molar-refractivity contribution in [2.45, 2.75) is 58.4 Å². The highest BCUT2D eigenvalue weighted by atomic mass is 16.4. The highest BCUT2D eigenvalue weighted by molar-refractivity contribution is 5.80. The van der Waals surface area contributed by atoms with Crippen molar-refractivity contribution in [1.29, 1.82) is 0 Å². The fraction of sp³-hybridized carbons (Fsp3) is 0.733. The maximum atomic E-state index is 12.1. The molecule has 0 radical (unpaired) electrons. The van der Waals surface area contributed by atoms with Crippen molar-refractivity contribution in [3.05, 3.63) is 11.6 Å². The number of urea groups is 1. The highest BCUT2D eigenvalue weighted by Gasteiger charge is 2.21. The Kier molecular flexibility index (Phi) is 7.12. The number of carbonyl (C=O) groups excluding carboxylic acids is 1. The Bertz CT molecular complexity index is 366. The molecular formula is C15H26N2O3. The van der Waals surface area contributed by atoms with Gasteiger partial charge < -0.3 is 15.3 Å². The van der Waals surface area contributed by atoms with Gasteiger partial charge in [0.1, 0.15) is 6.54 Å². The second-order valence-corrected chi connectivity index (χ2v) is 5.37. The molecule has 1 rings (SSSR count). The second kappa shape index (κ2) is 8.61. The number of rotatable bonds is 7. The van der Waals surface area contributed by atoms with Crippen LogP contribution in [0.1, 0.15) is 52.4 Å². The molecule has 0 aliphatic heterocycles. The molecule has 1 atom stereocenters. The van der Waals surface area contributed by atoms with E-state index in [1.54, 1.807) is 0 Å². The maximum absolute atomic E-state index is 12.1. The number of amides is 2. The van der Waals surface area contributed by atoms with Crippen LogP contribution in [0.2, 0.25) is 0 Å². The van der Waals surface area contributed by atoms with E-state index in [4.69, 9.17) is 5.11 Å². The van der Waals surface area contributed by atoms with Gasteiger partial charge >= 0.3 is 12.0 Å². The monoisotopic (exact) mass is 282 g/mol. The minimum Gasteiger partial charge on any atom is -0.480 e. The van der Waals surface area contributed by atoms with Gasteiger partial charge in [0.2, 0.25) is 0 Å². The van der Waals surface area contributed by atoms with Crippen molar-refractivity contribution in [3.63, 3.8) is 0 Å². The van der Waals surface area contributed by atoms with E-state index in [0.717, 1.165) is 25.7 Å². The van der Waals surface area contributed by atoms with Gasteiger partial charge in [-0.15, -0.1) is 0 Å². The molecule has 2 N–H and O–H groups in total. The zero-order chi connectivity index (χ0) is 15.0. The number of carbonyl (C=O) groups is 2. The Labute approximate surface area is 121 Å². The lowest BCUT2D eigenvalue weighted by molar-refractivity contribution is -0.138. The van der Waals surface area contributed by atoms with Crippen molar-refractivity contribution < 1.29 is 14.7 Å². The van der Waals surface area contributed by atoms with Crippen LogP contribution in [-0.2, 0) is 4.79 Å². The third kappa shape index (κ3) is 5.63. The molecule has 5 nitrogen and oxygen atoms in total. The van der Waals surface area contributed by atoms with E-state index in [-0.39, 0.29) is 18.6 Å². The van der Waals surface area contributed by atoms with E-state index < -0.39 is 5.97 Å². The summed E-state index contributed by atoms with van der Waals surface area (Å²) in [6.07, 6.45) is 8.63. The van der Waals surface area contributed by atoms with Crippen molar-refractivity contribution in [2.75, 3.05) is 13.1 Å². The minimum atomic E-state index is -0.976. The summed E-state index contributed by atoms with van der Waals surface area (Å²) in [6.45, 7) is 4.15. The molecule has 0 aromatic rings. The number of carboxylic acid groups (broad SMARTS) is 1. The first kappa shape index (κ1) is 16.5. The third-order valence-electron chi connectivity index (χ3n) is 3.80. The molecule has 1 aliphatic rings. The first-order valence-electron chi connectivity index (χ1n) is 7.48. The first-order valence-corrected chi connectivity index (χ1v) is 7.48. The Morgan fingerprint density at radius 1 is 1.45 bits per heavy atom. The van der Waals surface area contributed by atoms with Crippen LogP contribution in [-0.4, -0.2) is 41.1 Å². The number of aliphatic carboxylic acids is 1. The van der Waals surface area contributed by atoms with Crippen LogP contribution < -0.4 is 5.32 Å². The number of hydrogen-bond acceptors (Lipinski definition) is 2. The van der Waals surface area contributed by atoms with Crippen LogP contribution in [0.4, 0.5) is 4.79 Å². The molecule has 0 aromatic heterocycles. The predicted molar refractivity (Wildman–Crippen MR) is 78.7 cm³/mol. The largest absolute Gasteiger partial charge is 0.480 e. The van der Waals surface area contributed by atoms with Crippen LogP contribution in [0.3, 0.4) is 0 Å². The molecule has 0 heterocycles. The SMILES string of the molecule is CCC(C)N(CC(=O)O)C(=O)NCCC1=CCCCC1. The third-order valence-corrected chi connectivity index (χ3v) is 3.80. The average molecular weight is 282 g/mol. The fourth-order valence-electron chi connectivity index (χ4n) is 2.36. The smallest absolute Gasteiger partial charge is 0.323 e. The fourth-order valence-corrected chi connectivity index (χ4v) is 2.36. The zero-order valence-corrected chi connectivity index (χ0v) is 12.5. The van der Waals surface area contributed by atoms with Crippen molar-refractivity contribution in [1.82, 2.24) is 10.2 Å². The van der Waals surface area contributed by atoms with E-state index in [1.165, 1.54) is 23.3 Å². The van der Waals surface area contributed by atoms with E-state index in [1.807, 2.05) is 13.8 Å². The molecule has 0 fully saturated rings. The van der Waals surface area contributed by atoms with E-state index >= 15 is 0 Å². The van der Waals surface area contributed by atoms with Crippen molar-refractivity contribution in [3.8, 4) is 0 Å². The summed E-state index contributed by atoms with van der Waals surface area (Å²) in [7, 11) is 0. The van der Waals surface area contributed by atoms with Gasteiger partial charge in [-0.2, -0.15) is 0 Å². The lowest BCUT2D eigenvalue weighted by Gasteiger charge is -2.27. The van der Waals surface area contributed by atoms with Crippen LogP contribution in [0.25, 0.3) is 0 Å². The van der Waals surface area contributed by atoms with Gasteiger partial charge in [0.05, 0.1) is 0 Å². The standard InChI is InChI=1S/C15H26N2O3/c1-3-12(2)17(11-14(18)19)15(20)16-10-9-13-7-5-4-6-8-13/h7,12H,3-6,8-11H2,1-2H3,(H,16,20)(H,18,19). The summed E-state index contributed by atoms with van der Waals surface area (Å²) in [5.41, 5.74) is 1.41. The van der Waals surface area contributed by atoms with Crippen LogP contribution in [0.15, 0.2) is 11.6 Å². The Morgan fingerprint density at radius 3 is 2.75 bits per heavy atom. The first-order chi connectivity index (χ1) is 9.54. The molecule has 114 valence electrons. The van der Waals surface area contributed by atoms with Gasteiger partial charge in [-0.05, 0) is 45.4 Å². The van der Waals surface area contributed by atoms with Crippen LogP contribution >= 0.6 is 0 Å². The number of allylic oxidation sites excluding steroid dienone is 1. The minimum absolute atomic E-state index is 0.0694. The molecule has 0 bridgehead atoms. The molecule has 20 heavy (non-hydrogen) atoms. The van der Waals surface area contributed by atoms with Gasteiger partial charge in [-0.3, -0.25) is 4.79 Å². The van der Waals surface area contributed by atoms with E-state index in [0.29, 0.717) is 6.54 Å². The molecule has 0 saturated carbocycles. The van der Waals surface area contributed by atoms with E-state index in [2.05, 4.69) is 11.4 Å². The topological polar surface area (TPSA) is 69.6 Å². The van der Waals surface area contributed by atoms with Gasteiger partial charge in [0.15, 0.2) is 0 Å². The van der Waals surface area contributed by atoms with Crippen LogP contribution in [0.5, 0.6) is 0 Å². The Balaban J connectivity index is 2.40. The van der Waals surface area contributed by atoms with Gasteiger partial charge in [-0.1, -0.05) is 18.6 Å². The molecule has 0 aromatic carbocycles. The van der Waals surface area contributed by atoms with Gasteiger partial charge in [0.25, 0.3) is 0 Å².